The molecule has 1 aliphatic carbocycles. The monoisotopic (exact) mass is 313 g/mol. The fourth-order valence-electron chi connectivity index (χ4n) is 2.65. The molecule has 0 radical (unpaired) electrons. The zero-order valence-corrected chi connectivity index (χ0v) is 12.0. The van der Waals surface area contributed by atoms with Gasteiger partial charge in [0.05, 0.1) is 0 Å². The quantitative estimate of drug-likeness (QED) is 0.799. The van der Waals surface area contributed by atoms with Crippen molar-refractivity contribution in [3.8, 4) is 0 Å². The van der Waals surface area contributed by atoms with Crippen LogP contribution in [0, 0.1) is 5.92 Å². The van der Waals surface area contributed by atoms with Crippen molar-refractivity contribution < 1.29 is 4.79 Å². The average molecular weight is 314 g/mol. The molecule has 0 aliphatic heterocycles. The number of aromatic amines is 1. The predicted octanol–water partition coefficient (Wildman–Crippen LogP) is 2.41. The molecular weight excluding hydrogens is 294 g/mol. The number of nitrogens with one attached hydrogen (secondary N) is 2. The molecule has 1 fully saturated rings. The molecule has 2 rings (SSSR count). The van der Waals surface area contributed by atoms with Crippen LogP contribution >= 0.6 is 15.9 Å². The highest BCUT2D eigenvalue weighted by Gasteiger charge is 2.24. The van der Waals surface area contributed by atoms with Crippen molar-refractivity contribution >= 4 is 21.8 Å². The average Bonchev–Trinajstić information content (AvgIpc) is 2.83. The molecule has 1 heterocycles. The number of hydrogen-bond donors (Lipinski definition) is 3. The molecule has 1 aliphatic rings. The minimum absolute atomic E-state index is 0.0678. The molecule has 4 nitrogen and oxygen atoms in total. The lowest BCUT2D eigenvalue weighted by atomic mass is 9.84. The van der Waals surface area contributed by atoms with Crippen molar-refractivity contribution in [1.82, 2.24) is 10.3 Å². The molecule has 0 bridgehead atoms. The molecule has 1 aromatic rings. The first kappa shape index (κ1) is 13.6. The molecule has 1 unspecified atom stereocenters. The Morgan fingerprint density at radius 1 is 1.50 bits per heavy atom. The number of hydrogen-bond acceptors (Lipinski definition) is 2. The first-order valence-corrected chi connectivity index (χ1v) is 7.35. The smallest absolute Gasteiger partial charge is 0.268 e. The number of halogens is 1. The van der Waals surface area contributed by atoms with E-state index in [4.69, 9.17) is 5.73 Å². The lowest BCUT2D eigenvalue weighted by molar-refractivity contribution is 0.0911. The molecular formula is C13H20BrN3O. The summed E-state index contributed by atoms with van der Waals surface area (Å²) in [7, 11) is 0. The van der Waals surface area contributed by atoms with Gasteiger partial charge in [-0.3, -0.25) is 4.79 Å². The van der Waals surface area contributed by atoms with E-state index in [1.54, 1.807) is 12.3 Å². The summed E-state index contributed by atoms with van der Waals surface area (Å²) in [5, 5.41) is 3.05. The highest BCUT2D eigenvalue weighted by Crippen LogP contribution is 2.26. The summed E-state index contributed by atoms with van der Waals surface area (Å²) in [5.41, 5.74) is 6.38. The van der Waals surface area contributed by atoms with Crippen LogP contribution in [0.15, 0.2) is 16.7 Å². The molecule has 1 saturated carbocycles. The number of amides is 1. The molecule has 100 valence electrons. The van der Waals surface area contributed by atoms with Gasteiger partial charge >= 0.3 is 0 Å². The summed E-state index contributed by atoms with van der Waals surface area (Å²) in [6.45, 7) is 0.512. The van der Waals surface area contributed by atoms with Crippen molar-refractivity contribution in [3.63, 3.8) is 0 Å². The van der Waals surface area contributed by atoms with Crippen LogP contribution in [0.2, 0.25) is 0 Å². The van der Waals surface area contributed by atoms with Gasteiger partial charge in [-0.2, -0.15) is 0 Å². The van der Waals surface area contributed by atoms with E-state index in [-0.39, 0.29) is 11.9 Å². The summed E-state index contributed by atoms with van der Waals surface area (Å²) in [6, 6.07) is 1.88. The SMILES string of the molecule is NCC(NC(=O)c1cc(Br)c[nH]1)C1CCCCC1. The number of carbonyl (C=O) groups excluding carboxylic acids is 1. The van der Waals surface area contributed by atoms with Gasteiger partial charge in [-0.05, 0) is 40.8 Å². The topological polar surface area (TPSA) is 70.9 Å². The summed E-state index contributed by atoms with van der Waals surface area (Å²) in [4.78, 5) is 15.0. The molecule has 1 atom stereocenters. The molecule has 0 saturated heterocycles. The van der Waals surface area contributed by atoms with Crippen LogP contribution in [-0.2, 0) is 0 Å². The van der Waals surface area contributed by atoms with E-state index in [0.717, 1.165) is 4.47 Å². The number of carbonyl (C=O) groups is 1. The highest BCUT2D eigenvalue weighted by atomic mass is 79.9. The summed E-state index contributed by atoms with van der Waals surface area (Å²) < 4.78 is 0.884. The summed E-state index contributed by atoms with van der Waals surface area (Å²) >= 11 is 3.32. The molecule has 0 aromatic carbocycles. The Hall–Kier alpha value is -0.810. The number of rotatable bonds is 4. The molecule has 18 heavy (non-hydrogen) atoms. The lowest BCUT2D eigenvalue weighted by Crippen LogP contribution is -2.46. The van der Waals surface area contributed by atoms with Crippen molar-refractivity contribution in [2.45, 2.75) is 38.1 Å². The van der Waals surface area contributed by atoms with Gasteiger partial charge in [-0.15, -0.1) is 0 Å². The Kier molecular flexibility index (Phi) is 4.83. The third kappa shape index (κ3) is 3.36. The van der Waals surface area contributed by atoms with E-state index in [9.17, 15) is 4.79 Å². The standard InChI is InChI=1S/C13H20BrN3O/c14-10-6-11(16-8-10)13(18)17-12(7-15)9-4-2-1-3-5-9/h6,8-9,12,16H,1-5,7,15H2,(H,17,18). The van der Waals surface area contributed by atoms with Gasteiger partial charge in [0, 0.05) is 23.3 Å². The Morgan fingerprint density at radius 3 is 2.78 bits per heavy atom. The fourth-order valence-corrected chi connectivity index (χ4v) is 2.99. The number of nitrogens with two attached hydrogens (primary N) is 1. The van der Waals surface area contributed by atoms with Gasteiger partial charge in [-0.1, -0.05) is 19.3 Å². The van der Waals surface area contributed by atoms with Crippen LogP contribution in [0.4, 0.5) is 0 Å². The molecule has 1 amide bonds. The van der Waals surface area contributed by atoms with E-state index in [2.05, 4.69) is 26.2 Å². The second kappa shape index (κ2) is 6.38. The van der Waals surface area contributed by atoms with Crippen molar-refractivity contribution in [2.75, 3.05) is 6.54 Å². The van der Waals surface area contributed by atoms with Crippen molar-refractivity contribution in [1.29, 1.82) is 0 Å². The summed E-state index contributed by atoms with van der Waals surface area (Å²) in [6.07, 6.45) is 7.93. The molecule has 4 N–H and O–H groups in total. The van der Waals surface area contributed by atoms with Crippen LogP contribution < -0.4 is 11.1 Å². The maximum atomic E-state index is 12.1. The highest BCUT2D eigenvalue weighted by molar-refractivity contribution is 9.10. The predicted molar refractivity (Wildman–Crippen MR) is 75.4 cm³/mol. The van der Waals surface area contributed by atoms with Gasteiger partial charge in [-0.25, -0.2) is 0 Å². The third-order valence-electron chi connectivity index (χ3n) is 3.68. The number of aromatic nitrogens is 1. The number of H-pyrrole nitrogens is 1. The van der Waals surface area contributed by atoms with Crippen LogP contribution in [0.1, 0.15) is 42.6 Å². The van der Waals surface area contributed by atoms with Crippen LogP contribution in [0.3, 0.4) is 0 Å². The van der Waals surface area contributed by atoms with Crippen LogP contribution in [0.5, 0.6) is 0 Å². The second-order valence-corrected chi connectivity index (χ2v) is 5.86. The van der Waals surface area contributed by atoms with E-state index in [1.165, 1.54) is 32.1 Å². The third-order valence-corrected chi connectivity index (χ3v) is 4.14. The maximum absolute atomic E-state index is 12.1. The first-order valence-electron chi connectivity index (χ1n) is 6.55. The second-order valence-electron chi connectivity index (χ2n) is 4.95. The zero-order chi connectivity index (χ0) is 13.0. The van der Waals surface area contributed by atoms with Crippen molar-refractivity contribution in [3.05, 3.63) is 22.4 Å². The zero-order valence-electron chi connectivity index (χ0n) is 10.4. The molecule has 5 heteroatoms. The first-order chi connectivity index (χ1) is 8.70. The minimum Gasteiger partial charge on any atom is -0.356 e. The van der Waals surface area contributed by atoms with Gasteiger partial charge in [0.1, 0.15) is 5.69 Å². The van der Waals surface area contributed by atoms with Crippen LogP contribution in [-0.4, -0.2) is 23.5 Å². The Labute approximate surface area is 116 Å². The van der Waals surface area contributed by atoms with Crippen LogP contribution in [0.25, 0.3) is 0 Å². The van der Waals surface area contributed by atoms with E-state index >= 15 is 0 Å². The molecule has 1 aromatic heterocycles. The molecule has 0 spiro atoms. The Balaban J connectivity index is 1.95. The normalized spacial score (nSPS) is 18.6. The maximum Gasteiger partial charge on any atom is 0.268 e. The Bertz CT molecular complexity index is 399. The van der Waals surface area contributed by atoms with Gasteiger partial charge < -0.3 is 16.0 Å². The van der Waals surface area contributed by atoms with Gasteiger partial charge in [0.25, 0.3) is 5.91 Å². The van der Waals surface area contributed by atoms with E-state index < -0.39 is 0 Å². The van der Waals surface area contributed by atoms with Gasteiger partial charge in [0.15, 0.2) is 0 Å². The van der Waals surface area contributed by atoms with E-state index in [0.29, 0.717) is 18.2 Å². The summed E-state index contributed by atoms with van der Waals surface area (Å²) in [5.74, 6) is 0.466. The van der Waals surface area contributed by atoms with E-state index in [1.807, 2.05) is 0 Å². The lowest BCUT2D eigenvalue weighted by Gasteiger charge is -2.29. The van der Waals surface area contributed by atoms with Crippen molar-refractivity contribution in [2.24, 2.45) is 11.7 Å². The largest absolute Gasteiger partial charge is 0.356 e. The fraction of sp³-hybridized carbons (Fsp3) is 0.615. The minimum atomic E-state index is -0.0678. The Morgan fingerprint density at radius 2 is 2.22 bits per heavy atom. The van der Waals surface area contributed by atoms with Gasteiger partial charge in [0.2, 0.25) is 0 Å².